The van der Waals surface area contributed by atoms with Gasteiger partial charge in [0, 0.05) is 11.1 Å². The molecule has 0 saturated carbocycles. The molecule has 1 aliphatic carbocycles. The maximum absolute atomic E-state index is 12.8. The summed E-state index contributed by atoms with van der Waals surface area (Å²) < 4.78 is 17.1. The molecule has 1 aliphatic rings. The topological polar surface area (TPSA) is 69.2 Å². The van der Waals surface area contributed by atoms with Gasteiger partial charge in [-0.05, 0) is 57.7 Å². The fraction of sp³-hybridized carbons (Fsp3) is 0.391. The Kier molecular flexibility index (Phi) is 7.11. The van der Waals surface area contributed by atoms with Crippen LogP contribution in [0.25, 0.3) is 0 Å². The van der Waals surface area contributed by atoms with E-state index in [1.54, 1.807) is 12.1 Å². The molecule has 3 rings (SSSR count). The van der Waals surface area contributed by atoms with Crippen LogP contribution in [-0.2, 0) is 6.42 Å². The summed E-state index contributed by atoms with van der Waals surface area (Å²) in [5.41, 5.74) is 6.39. The number of carbonyl (C=O) groups is 1. The van der Waals surface area contributed by atoms with Crippen LogP contribution in [0, 0.1) is 0 Å². The molecule has 6 nitrogen and oxygen atoms in total. The highest BCUT2D eigenvalue weighted by Gasteiger charge is 2.19. The lowest BCUT2D eigenvalue weighted by molar-refractivity contribution is 0.0953. The van der Waals surface area contributed by atoms with Crippen LogP contribution in [0.1, 0.15) is 55.1 Å². The van der Waals surface area contributed by atoms with Gasteiger partial charge in [-0.15, -0.1) is 0 Å². The first-order valence-electron chi connectivity index (χ1n) is 10.2. The molecule has 0 aliphatic heterocycles. The molecule has 0 unspecified atom stereocenters. The van der Waals surface area contributed by atoms with Crippen molar-refractivity contribution in [1.29, 1.82) is 0 Å². The Morgan fingerprint density at radius 2 is 1.62 bits per heavy atom. The van der Waals surface area contributed by atoms with Crippen molar-refractivity contribution in [3.63, 3.8) is 0 Å². The van der Waals surface area contributed by atoms with Crippen LogP contribution in [-0.4, -0.2) is 31.4 Å². The summed E-state index contributed by atoms with van der Waals surface area (Å²) in [7, 11) is 0. The summed E-state index contributed by atoms with van der Waals surface area (Å²) in [4.78, 5) is 12.8. The van der Waals surface area contributed by atoms with E-state index in [4.69, 9.17) is 14.2 Å². The van der Waals surface area contributed by atoms with E-state index >= 15 is 0 Å². The van der Waals surface area contributed by atoms with Crippen LogP contribution in [0.4, 0.5) is 0 Å². The van der Waals surface area contributed by atoms with E-state index < -0.39 is 0 Å². The molecule has 0 fully saturated rings. The number of amides is 1. The van der Waals surface area contributed by atoms with Crippen LogP contribution < -0.4 is 19.6 Å². The van der Waals surface area contributed by atoms with Gasteiger partial charge in [-0.1, -0.05) is 24.3 Å². The fourth-order valence-corrected chi connectivity index (χ4v) is 3.42. The minimum Gasteiger partial charge on any atom is -0.490 e. The van der Waals surface area contributed by atoms with Gasteiger partial charge in [-0.25, -0.2) is 5.43 Å². The molecule has 0 bridgehead atoms. The predicted octanol–water partition coefficient (Wildman–Crippen LogP) is 4.35. The monoisotopic (exact) mass is 396 g/mol. The largest absolute Gasteiger partial charge is 0.490 e. The molecule has 0 saturated heterocycles. The molecule has 0 atom stereocenters. The number of nitrogens with zero attached hydrogens (tertiary/aromatic N) is 1. The average molecular weight is 396 g/mol. The minimum atomic E-state index is -0.314. The average Bonchev–Trinajstić information content (AvgIpc) is 2.74. The molecule has 0 spiro atoms. The summed E-state index contributed by atoms with van der Waals surface area (Å²) in [6.45, 7) is 7.04. The van der Waals surface area contributed by atoms with E-state index in [1.807, 2.05) is 32.9 Å². The van der Waals surface area contributed by atoms with Gasteiger partial charge >= 0.3 is 0 Å². The van der Waals surface area contributed by atoms with Crippen molar-refractivity contribution < 1.29 is 19.0 Å². The molecule has 0 aromatic heterocycles. The van der Waals surface area contributed by atoms with Gasteiger partial charge in [-0.3, -0.25) is 4.79 Å². The normalized spacial score (nSPS) is 14.2. The van der Waals surface area contributed by atoms with E-state index in [0.717, 1.165) is 30.5 Å². The SMILES string of the molecule is CCOc1cc(C(=O)NN=C2CCCc3ccccc32)cc(OCC)c1OCC. The first-order chi connectivity index (χ1) is 14.2. The molecule has 2 aromatic rings. The summed E-state index contributed by atoms with van der Waals surface area (Å²) in [5.74, 6) is 1.17. The number of rotatable bonds is 8. The third-order valence-corrected chi connectivity index (χ3v) is 4.65. The van der Waals surface area contributed by atoms with Crippen LogP contribution >= 0.6 is 0 Å². The van der Waals surface area contributed by atoms with E-state index in [0.29, 0.717) is 42.6 Å². The van der Waals surface area contributed by atoms with E-state index in [2.05, 4.69) is 22.7 Å². The lowest BCUT2D eigenvalue weighted by Crippen LogP contribution is -2.22. The van der Waals surface area contributed by atoms with Crippen LogP contribution in [0.3, 0.4) is 0 Å². The maximum Gasteiger partial charge on any atom is 0.271 e. The minimum absolute atomic E-state index is 0.314. The Balaban J connectivity index is 1.87. The molecule has 154 valence electrons. The number of ether oxygens (including phenoxy) is 3. The second-order valence-corrected chi connectivity index (χ2v) is 6.61. The van der Waals surface area contributed by atoms with Crippen molar-refractivity contribution in [3.05, 3.63) is 53.1 Å². The van der Waals surface area contributed by atoms with Crippen molar-refractivity contribution in [2.24, 2.45) is 5.10 Å². The first kappa shape index (κ1) is 20.7. The highest BCUT2D eigenvalue weighted by molar-refractivity contribution is 6.04. The lowest BCUT2D eigenvalue weighted by Gasteiger charge is -2.18. The number of fused-ring (bicyclic) bond motifs is 1. The number of hydrogen-bond acceptors (Lipinski definition) is 5. The summed E-state index contributed by atoms with van der Waals surface area (Å²) >= 11 is 0. The molecule has 1 N–H and O–H groups in total. The fourth-order valence-electron chi connectivity index (χ4n) is 3.42. The zero-order chi connectivity index (χ0) is 20.6. The maximum atomic E-state index is 12.8. The molecule has 29 heavy (non-hydrogen) atoms. The van der Waals surface area contributed by atoms with Crippen LogP contribution in [0.5, 0.6) is 17.2 Å². The molecule has 1 amide bonds. The van der Waals surface area contributed by atoms with Gasteiger partial charge in [0.05, 0.1) is 25.5 Å². The van der Waals surface area contributed by atoms with E-state index in [9.17, 15) is 4.79 Å². The number of benzene rings is 2. The highest BCUT2D eigenvalue weighted by Crippen LogP contribution is 2.39. The third kappa shape index (κ3) is 4.88. The summed E-state index contributed by atoms with van der Waals surface area (Å²) in [6, 6.07) is 11.5. The number of nitrogens with one attached hydrogen (secondary N) is 1. The van der Waals surface area contributed by atoms with Gasteiger partial charge < -0.3 is 14.2 Å². The summed E-state index contributed by atoms with van der Waals surface area (Å²) in [6.07, 6.45) is 2.91. The molecular formula is C23H28N2O4. The Morgan fingerprint density at radius 3 is 2.28 bits per heavy atom. The quantitative estimate of drug-likeness (QED) is 0.674. The van der Waals surface area contributed by atoms with Gasteiger partial charge in [-0.2, -0.15) is 5.10 Å². The Morgan fingerprint density at radius 1 is 0.966 bits per heavy atom. The van der Waals surface area contributed by atoms with E-state index in [-0.39, 0.29) is 5.91 Å². The van der Waals surface area contributed by atoms with Crippen molar-refractivity contribution in [1.82, 2.24) is 5.43 Å². The zero-order valence-corrected chi connectivity index (χ0v) is 17.3. The smallest absolute Gasteiger partial charge is 0.271 e. The second kappa shape index (κ2) is 9.96. The molecule has 6 heteroatoms. The van der Waals surface area contributed by atoms with Gasteiger partial charge in [0.15, 0.2) is 11.5 Å². The number of aryl methyl sites for hydroxylation is 1. The van der Waals surface area contributed by atoms with Crippen LogP contribution in [0.2, 0.25) is 0 Å². The molecular weight excluding hydrogens is 368 g/mol. The van der Waals surface area contributed by atoms with Gasteiger partial charge in [0.1, 0.15) is 0 Å². The first-order valence-corrected chi connectivity index (χ1v) is 10.2. The van der Waals surface area contributed by atoms with Crippen molar-refractivity contribution in [2.45, 2.75) is 40.0 Å². The molecule has 0 radical (unpaired) electrons. The van der Waals surface area contributed by atoms with Gasteiger partial charge in [0.25, 0.3) is 5.91 Å². The predicted molar refractivity (Wildman–Crippen MR) is 113 cm³/mol. The van der Waals surface area contributed by atoms with Gasteiger partial charge in [0.2, 0.25) is 5.75 Å². The van der Waals surface area contributed by atoms with E-state index in [1.165, 1.54) is 5.56 Å². The van der Waals surface area contributed by atoms with Crippen LogP contribution in [0.15, 0.2) is 41.5 Å². The number of carbonyl (C=O) groups excluding carboxylic acids is 1. The number of hydrogen-bond donors (Lipinski definition) is 1. The Hall–Kier alpha value is -3.02. The highest BCUT2D eigenvalue weighted by atomic mass is 16.5. The lowest BCUT2D eigenvalue weighted by atomic mass is 9.90. The molecule has 2 aromatic carbocycles. The Labute approximate surface area is 171 Å². The van der Waals surface area contributed by atoms with Crippen molar-refractivity contribution >= 4 is 11.6 Å². The van der Waals surface area contributed by atoms with Crippen molar-refractivity contribution in [2.75, 3.05) is 19.8 Å². The Bertz CT molecular complexity index is 865. The zero-order valence-electron chi connectivity index (χ0n) is 17.3. The number of hydrazone groups is 1. The standard InChI is InChI=1S/C23H28N2O4/c1-4-27-20-14-17(15-21(28-5-2)22(20)29-6-3)23(26)25-24-19-13-9-11-16-10-7-8-12-18(16)19/h7-8,10,12,14-15H,4-6,9,11,13H2,1-3H3,(H,25,26). The third-order valence-electron chi connectivity index (χ3n) is 4.65. The summed E-state index contributed by atoms with van der Waals surface area (Å²) in [5, 5.41) is 4.42. The second-order valence-electron chi connectivity index (χ2n) is 6.61. The molecule has 0 heterocycles. The van der Waals surface area contributed by atoms with Crippen molar-refractivity contribution in [3.8, 4) is 17.2 Å².